The Balaban J connectivity index is 3.33. The summed E-state index contributed by atoms with van der Waals surface area (Å²) in [4.78, 5) is -0.648. The summed E-state index contributed by atoms with van der Waals surface area (Å²) in [6.45, 7) is 1.09. The molecule has 0 radical (unpaired) electrons. The lowest BCUT2D eigenvalue weighted by Gasteiger charge is -1.99. The molecule has 1 rings (SSSR count). The Bertz CT molecular complexity index is 445. The highest BCUT2D eigenvalue weighted by Crippen LogP contribution is 2.33. The first-order valence-corrected chi connectivity index (χ1v) is 4.87. The highest BCUT2D eigenvalue weighted by molar-refractivity contribution is 7.89. The highest BCUT2D eigenvalue weighted by atomic mass is 32.2. The van der Waals surface area contributed by atoms with E-state index in [0.29, 0.717) is 6.07 Å². The van der Waals surface area contributed by atoms with Crippen molar-refractivity contribution < 1.29 is 26.0 Å². The molecule has 0 bridgehead atoms. The lowest BCUT2D eigenvalue weighted by atomic mass is 10.4. The second-order valence-electron chi connectivity index (χ2n) is 2.57. The van der Waals surface area contributed by atoms with E-state index in [0.717, 1.165) is 6.92 Å². The number of aryl methyl sites for hydroxylation is 1. The van der Waals surface area contributed by atoms with Gasteiger partial charge in [0.2, 0.25) is 15.8 Å². The van der Waals surface area contributed by atoms with Crippen LogP contribution < -0.4 is 5.14 Å². The summed E-state index contributed by atoms with van der Waals surface area (Å²) in [5, 5.41) is 4.66. The molecule has 2 N–H and O–H groups in total. The molecule has 14 heavy (non-hydrogen) atoms. The fourth-order valence-electron chi connectivity index (χ4n) is 0.888. The maximum atomic E-state index is 12.0. The van der Waals surface area contributed by atoms with E-state index in [9.17, 15) is 21.6 Å². The first kappa shape index (κ1) is 11.1. The summed E-state index contributed by atoms with van der Waals surface area (Å²) < 4.78 is 61.8. The molecule has 0 unspecified atom stereocenters. The predicted molar refractivity (Wildman–Crippen MR) is 39.8 cm³/mol. The van der Waals surface area contributed by atoms with E-state index in [-0.39, 0.29) is 5.76 Å². The van der Waals surface area contributed by atoms with Gasteiger partial charge in [0.1, 0.15) is 10.7 Å². The van der Waals surface area contributed by atoms with Gasteiger partial charge in [-0.1, -0.05) is 0 Å². The van der Waals surface area contributed by atoms with E-state index in [1.54, 1.807) is 0 Å². The number of hydrogen-bond donors (Lipinski definition) is 1. The van der Waals surface area contributed by atoms with E-state index in [1.807, 2.05) is 0 Å². The van der Waals surface area contributed by atoms with Gasteiger partial charge in [-0.2, -0.15) is 13.2 Å². The molecular weight excluding hydrogens is 223 g/mol. The number of nitrogens with two attached hydrogens (primary N) is 1. The minimum absolute atomic E-state index is 0.366. The molecule has 0 fully saturated rings. The molecule has 1 aromatic heterocycles. The summed E-state index contributed by atoms with van der Waals surface area (Å²) in [5.41, 5.74) is 0. The summed E-state index contributed by atoms with van der Waals surface area (Å²) in [6.07, 6.45) is -4.71. The van der Waals surface area contributed by atoms with Crippen LogP contribution >= 0.6 is 0 Å². The smallest absolute Gasteiger partial charge is 0.449 e. The maximum absolute atomic E-state index is 12.0. The van der Waals surface area contributed by atoms with Crippen LogP contribution in [0.25, 0.3) is 0 Å². The van der Waals surface area contributed by atoms with Gasteiger partial charge in [-0.3, -0.25) is 0 Å². The predicted octanol–water partition coefficient (Wildman–Crippen LogP) is 1.25. The number of hydrogen-bond acceptors (Lipinski definition) is 3. The van der Waals surface area contributed by atoms with Gasteiger partial charge in [0.25, 0.3) is 0 Å². The zero-order valence-electron chi connectivity index (χ0n) is 6.92. The van der Waals surface area contributed by atoms with Crippen LogP contribution in [0.15, 0.2) is 15.4 Å². The van der Waals surface area contributed by atoms with Crippen molar-refractivity contribution in [1.82, 2.24) is 0 Å². The molecule has 0 spiro atoms. The standard InChI is InChI=1S/C6H6F3NO3S/c1-3-4(14(10,11)12)2-5(13-3)6(7,8)9/h2H,1H3,(H2,10,11,12). The van der Waals surface area contributed by atoms with Crippen LogP contribution in [0.1, 0.15) is 11.5 Å². The molecule has 8 heteroatoms. The molecule has 0 aromatic carbocycles. The van der Waals surface area contributed by atoms with E-state index in [1.165, 1.54) is 0 Å². The molecule has 80 valence electrons. The maximum Gasteiger partial charge on any atom is 0.449 e. The molecule has 0 amide bonds. The minimum Gasteiger partial charge on any atom is -0.455 e. The second kappa shape index (κ2) is 2.99. The number of alkyl halides is 3. The first-order valence-electron chi connectivity index (χ1n) is 3.33. The van der Waals surface area contributed by atoms with Gasteiger partial charge in [-0.25, -0.2) is 13.6 Å². The molecule has 0 aliphatic carbocycles. The van der Waals surface area contributed by atoms with Crippen molar-refractivity contribution >= 4 is 10.0 Å². The summed E-state index contributed by atoms with van der Waals surface area (Å²) >= 11 is 0. The van der Waals surface area contributed by atoms with Crippen LogP contribution in [-0.2, 0) is 16.2 Å². The lowest BCUT2D eigenvalue weighted by Crippen LogP contribution is -2.12. The number of primary sulfonamides is 1. The SMILES string of the molecule is Cc1oc(C(F)(F)F)cc1S(N)(=O)=O. The quantitative estimate of drug-likeness (QED) is 0.787. The van der Waals surface area contributed by atoms with Crippen LogP contribution in [0, 0.1) is 6.92 Å². The molecule has 0 saturated carbocycles. The summed E-state index contributed by atoms with van der Waals surface area (Å²) in [6, 6.07) is 0.366. The van der Waals surface area contributed by atoms with Gasteiger partial charge >= 0.3 is 6.18 Å². The van der Waals surface area contributed by atoms with Crippen LogP contribution in [0.3, 0.4) is 0 Å². The van der Waals surface area contributed by atoms with Crippen LogP contribution in [0.4, 0.5) is 13.2 Å². The molecule has 0 aliphatic rings. The number of furan rings is 1. The van der Waals surface area contributed by atoms with Crippen LogP contribution in [0.2, 0.25) is 0 Å². The molecule has 0 atom stereocenters. The molecule has 0 aliphatic heterocycles. The summed E-state index contributed by atoms with van der Waals surface area (Å²) in [5.74, 6) is -1.75. The van der Waals surface area contributed by atoms with E-state index >= 15 is 0 Å². The Morgan fingerprint density at radius 3 is 2.14 bits per heavy atom. The average Bonchev–Trinajstić information content (AvgIpc) is 2.27. The molecule has 1 heterocycles. The fraction of sp³-hybridized carbons (Fsp3) is 0.333. The van der Waals surface area contributed by atoms with E-state index < -0.39 is 26.9 Å². The van der Waals surface area contributed by atoms with Gasteiger partial charge in [0, 0.05) is 6.07 Å². The summed E-state index contributed by atoms with van der Waals surface area (Å²) in [7, 11) is -4.17. The third-order valence-electron chi connectivity index (χ3n) is 1.46. The Morgan fingerprint density at radius 2 is 1.93 bits per heavy atom. The van der Waals surface area contributed by atoms with Crippen molar-refractivity contribution in [3.63, 3.8) is 0 Å². The average molecular weight is 229 g/mol. The van der Waals surface area contributed by atoms with Crippen molar-refractivity contribution in [1.29, 1.82) is 0 Å². The number of halogens is 3. The van der Waals surface area contributed by atoms with E-state index in [2.05, 4.69) is 9.56 Å². The molecular formula is C6H6F3NO3S. The Labute approximate surface area is 77.6 Å². The van der Waals surface area contributed by atoms with Crippen molar-refractivity contribution in [2.75, 3.05) is 0 Å². The zero-order valence-corrected chi connectivity index (χ0v) is 7.74. The van der Waals surface area contributed by atoms with Gasteiger partial charge in [-0.15, -0.1) is 0 Å². The van der Waals surface area contributed by atoms with Crippen LogP contribution in [-0.4, -0.2) is 8.42 Å². The lowest BCUT2D eigenvalue weighted by molar-refractivity contribution is -0.153. The topological polar surface area (TPSA) is 73.3 Å². The Hall–Kier alpha value is -1.02. The number of sulfonamides is 1. The Morgan fingerprint density at radius 1 is 1.43 bits per heavy atom. The third kappa shape index (κ3) is 2.07. The first-order chi connectivity index (χ1) is 6.12. The third-order valence-corrected chi connectivity index (χ3v) is 2.48. The van der Waals surface area contributed by atoms with Gasteiger partial charge in [0.15, 0.2) is 0 Å². The van der Waals surface area contributed by atoms with Crippen molar-refractivity contribution in [2.24, 2.45) is 5.14 Å². The van der Waals surface area contributed by atoms with Gasteiger partial charge < -0.3 is 4.42 Å². The van der Waals surface area contributed by atoms with Crippen molar-refractivity contribution in [2.45, 2.75) is 18.0 Å². The monoisotopic (exact) mass is 229 g/mol. The largest absolute Gasteiger partial charge is 0.455 e. The second-order valence-corrected chi connectivity index (χ2v) is 4.10. The molecule has 1 aromatic rings. The van der Waals surface area contributed by atoms with E-state index in [4.69, 9.17) is 0 Å². The van der Waals surface area contributed by atoms with Crippen molar-refractivity contribution in [3.8, 4) is 0 Å². The van der Waals surface area contributed by atoms with Gasteiger partial charge in [0.05, 0.1) is 0 Å². The zero-order chi connectivity index (χ0) is 11.1. The minimum atomic E-state index is -4.71. The van der Waals surface area contributed by atoms with Crippen molar-refractivity contribution in [3.05, 3.63) is 17.6 Å². The Kier molecular flexibility index (Phi) is 2.36. The normalized spacial score (nSPS) is 13.2. The molecule has 0 saturated heterocycles. The molecule has 4 nitrogen and oxygen atoms in total. The van der Waals surface area contributed by atoms with Gasteiger partial charge in [-0.05, 0) is 6.92 Å². The number of rotatable bonds is 1. The fourth-order valence-corrected chi connectivity index (χ4v) is 1.60. The van der Waals surface area contributed by atoms with Crippen LogP contribution in [0.5, 0.6) is 0 Å². The highest BCUT2D eigenvalue weighted by Gasteiger charge is 2.37.